The Hall–Kier alpha value is -1.91. The number of methoxy groups -OCH3 is 1. The fourth-order valence-electron chi connectivity index (χ4n) is 2.50. The molecular weight excluding hydrogens is 302 g/mol. The number of carboxylic acid groups (broad SMARTS) is 1. The molecule has 0 saturated heterocycles. The van der Waals surface area contributed by atoms with Crippen molar-refractivity contribution in [2.24, 2.45) is 17.6 Å². The molecular formula is C20H29NO3. The molecule has 4 heteroatoms. The molecule has 4 nitrogen and oxygen atoms in total. The predicted octanol–water partition coefficient (Wildman–Crippen LogP) is 3.43. The van der Waals surface area contributed by atoms with Crippen molar-refractivity contribution >= 4 is 5.97 Å². The van der Waals surface area contributed by atoms with Crippen LogP contribution >= 0.6 is 0 Å². The summed E-state index contributed by atoms with van der Waals surface area (Å²) in [5, 5.41) is 8.96. The summed E-state index contributed by atoms with van der Waals surface area (Å²) >= 11 is 0. The Morgan fingerprint density at radius 2 is 1.92 bits per heavy atom. The molecule has 132 valence electrons. The number of carbonyl (C=O) groups is 1. The topological polar surface area (TPSA) is 72.5 Å². The summed E-state index contributed by atoms with van der Waals surface area (Å²) in [7, 11) is 1.73. The average Bonchev–Trinajstić information content (AvgIpc) is 2.57. The van der Waals surface area contributed by atoms with E-state index in [0.717, 1.165) is 12.0 Å². The number of hydrogen-bond acceptors (Lipinski definition) is 3. The van der Waals surface area contributed by atoms with Crippen molar-refractivity contribution in [2.75, 3.05) is 7.11 Å². The highest BCUT2D eigenvalue weighted by Gasteiger charge is 2.17. The summed E-state index contributed by atoms with van der Waals surface area (Å²) in [5.74, 6) is -1.26. The first-order valence-corrected chi connectivity index (χ1v) is 8.26. The molecule has 0 spiro atoms. The van der Waals surface area contributed by atoms with Gasteiger partial charge in [-0.2, -0.15) is 0 Å². The lowest BCUT2D eigenvalue weighted by molar-refractivity contribution is -0.141. The Morgan fingerprint density at radius 1 is 1.29 bits per heavy atom. The van der Waals surface area contributed by atoms with Crippen LogP contribution in [0.25, 0.3) is 0 Å². The van der Waals surface area contributed by atoms with Crippen molar-refractivity contribution in [2.45, 2.75) is 39.3 Å². The van der Waals surface area contributed by atoms with Crippen LogP contribution in [0.15, 0.2) is 54.1 Å². The van der Waals surface area contributed by atoms with Gasteiger partial charge in [0.05, 0.1) is 12.0 Å². The van der Waals surface area contributed by atoms with Gasteiger partial charge in [-0.05, 0) is 18.9 Å². The van der Waals surface area contributed by atoms with E-state index in [4.69, 9.17) is 15.6 Å². The van der Waals surface area contributed by atoms with Gasteiger partial charge in [0, 0.05) is 19.1 Å². The number of carboxylic acids is 1. The summed E-state index contributed by atoms with van der Waals surface area (Å²) in [6, 6.07) is 9.76. The lowest BCUT2D eigenvalue weighted by atomic mass is 9.95. The molecule has 0 fully saturated rings. The van der Waals surface area contributed by atoms with Crippen LogP contribution in [0.1, 0.15) is 26.3 Å². The molecule has 0 radical (unpaired) electrons. The number of hydrogen-bond donors (Lipinski definition) is 2. The van der Waals surface area contributed by atoms with Crippen molar-refractivity contribution in [3.63, 3.8) is 0 Å². The highest BCUT2D eigenvalue weighted by atomic mass is 16.5. The van der Waals surface area contributed by atoms with Crippen LogP contribution in [0.5, 0.6) is 0 Å². The maximum absolute atomic E-state index is 10.9. The second-order valence-electron chi connectivity index (χ2n) is 6.30. The largest absolute Gasteiger partial charge is 0.481 e. The van der Waals surface area contributed by atoms with Crippen LogP contribution in [-0.4, -0.2) is 30.3 Å². The normalized spacial score (nSPS) is 17.5. The maximum Gasteiger partial charge on any atom is 0.308 e. The zero-order chi connectivity index (χ0) is 18.1. The lowest BCUT2D eigenvalue weighted by Crippen LogP contribution is -2.31. The second kappa shape index (κ2) is 10.1. The molecule has 24 heavy (non-hydrogen) atoms. The molecule has 1 aromatic rings. The van der Waals surface area contributed by atoms with Gasteiger partial charge in [-0.25, -0.2) is 0 Å². The SMILES string of the molecule is CO[C@@H](Cc1ccccc1)[C@@H](C)/C=C(C)/C=C/[C@H](N)[C@H](C)C(=O)O. The smallest absolute Gasteiger partial charge is 0.308 e. The van der Waals surface area contributed by atoms with Crippen molar-refractivity contribution in [1.29, 1.82) is 0 Å². The quantitative estimate of drug-likeness (QED) is 0.680. The van der Waals surface area contributed by atoms with Crippen LogP contribution < -0.4 is 5.73 Å². The third kappa shape index (κ3) is 6.69. The van der Waals surface area contributed by atoms with Crippen LogP contribution in [0, 0.1) is 11.8 Å². The molecule has 0 bridgehead atoms. The molecule has 0 amide bonds. The predicted molar refractivity (Wildman–Crippen MR) is 97.8 cm³/mol. The molecule has 0 aliphatic carbocycles. The van der Waals surface area contributed by atoms with Gasteiger partial charge in [0.2, 0.25) is 0 Å². The summed E-state index contributed by atoms with van der Waals surface area (Å²) in [5.41, 5.74) is 8.16. The Bertz CT molecular complexity index is 566. The average molecular weight is 331 g/mol. The summed E-state index contributed by atoms with van der Waals surface area (Å²) in [6.07, 6.45) is 6.70. The van der Waals surface area contributed by atoms with Gasteiger partial charge < -0.3 is 15.6 Å². The van der Waals surface area contributed by atoms with Crippen molar-refractivity contribution in [1.82, 2.24) is 0 Å². The van der Waals surface area contributed by atoms with E-state index in [-0.39, 0.29) is 12.0 Å². The van der Waals surface area contributed by atoms with Crippen LogP contribution in [0.4, 0.5) is 0 Å². The minimum Gasteiger partial charge on any atom is -0.481 e. The molecule has 0 saturated carbocycles. The first kappa shape index (κ1) is 20.1. The van der Waals surface area contributed by atoms with E-state index >= 15 is 0 Å². The molecule has 0 aliphatic heterocycles. The summed E-state index contributed by atoms with van der Waals surface area (Å²) in [6.45, 7) is 5.72. The van der Waals surface area contributed by atoms with E-state index in [1.807, 2.05) is 31.2 Å². The molecule has 0 unspecified atom stereocenters. The number of allylic oxidation sites excluding steroid dienone is 2. The molecule has 0 aromatic heterocycles. The van der Waals surface area contributed by atoms with Crippen molar-refractivity contribution in [3.05, 3.63) is 59.7 Å². The number of benzene rings is 1. The standard InChI is InChI=1S/C20H29NO3/c1-14(10-11-18(21)16(3)20(22)23)12-15(2)19(24-4)13-17-8-6-5-7-9-17/h5-12,15-16,18-19H,13,21H2,1-4H3,(H,22,23)/b11-10+,14-12+/t15-,16-,18-,19-/m0/s1. The van der Waals surface area contributed by atoms with E-state index in [0.29, 0.717) is 0 Å². The van der Waals surface area contributed by atoms with Gasteiger partial charge in [-0.3, -0.25) is 4.79 Å². The maximum atomic E-state index is 10.9. The Labute approximate surface area is 145 Å². The minimum absolute atomic E-state index is 0.0855. The van der Waals surface area contributed by atoms with E-state index < -0.39 is 17.9 Å². The van der Waals surface area contributed by atoms with Crippen molar-refractivity contribution in [3.8, 4) is 0 Å². The van der Waals surface area contributed by atoms with Crippen LogP contribution in [0.3, 0.4) is 0 Å². The zero-order valence-corrected chi connectivity index (χ0v) is 15.0. The highest BCUT2D eigenvalue weighted by Crippen LogP contribution is 2.17. The number of aliphatic carboxylic acids is 1. The van der Waals surface area contributed by atoms with Gasteiger partial charge in [0.1, 0.15) is 0 Å². The van der Waals surface area contributed by atoms with Crippen molar-refractivity contribution < 1.29 is 14.6 Å². The number of ether oxygens (including phenoxy) is 1. The third-order valence-corrected chi connectivity index (χ3v) is 4.24. The Kier molecular flexibility index (Phi) is 8.44. The molecule has 4 atom stereocenters. The minimum atomic E-state index is -0.885. The second-order valence-corrected chi connectivity index (χ2v) is 6.30. The van der Waals surface area contributed by atoms with E-state index in [1.165, 1.54) is 5.56 Å². The monoisotopic (exact) mass is 331 g/mol. The Morgan fingerprint density at radius 3 is 2.46 bits per heavy atom. The van der Waals surface area contributed by atoms with Gasteiger partial charge >= 0.3 is 5.97 Å². The molecule has 3 N–H and O–H groups in total. The van der Waals surface area contributed by atoms with Gasteiger partial charge in [-0.15, -0.1) is 0 Å². The first-order valence-electron chi connectivity index (χ1n) is 8.26. The van der Waals surface area contributed by atoms with Crippen LogP contribution in [-0.2, 0) is 16.0 Å². The van der Waals surface area contributed by atoms with E-state index in [9.17, 15) is 4.79 Å². The fourth-order valence-corrected chi connectivity index (χ4v) is 2.50. The van der Waals surface area contributed by atoms with Gasteiger partial charge in [0.15, 0.2) is 0 Å². The fraction of sp³-hybridized carbons (Fsp3) is 0.450. The summed E-state index contributed by atoms with van der Waals surface area (Å²) in [4.78, 5) is 10.9. The van der Waals surface area contributed by atoms with Gasteiger partial charge in [0.25, 0.3) is 0 Å². The third-order valence-electron chi connectivity index (χ3n) is 4.24. The number of rotatable bonds is 9. The molecule has 0 heterocycles. The van der Waals surface area contributed by atoms with Crippen LogP contribution in [0.2, 0.25) is 0 Å². The molecule has 1 rings (SSSR count). The van der Waals surface area contributed by atoms with E-state index in [1.54, 1.807) is 20.1 Å². The Balaban J connectivity index is 2.69. The highest BCUT2D eigenvalue weighted by molar-refractivity contribution is 5.70. The molecule has 0 aliphatic rings. The van der Waals surface area contributed by atoms with E-state index in [2.05, 4.69) is 25.1 Å². The lowest BCUT2D eigenvalue weighted by Gasteiger charge is -2.21. The first-order chi connectivity index (χ1) is 11.3. The molecule has 1 aromatic carbocycles. The summed E-state index contributed by atoms with van der Waals surface area (Å²) < 4.78 is 5.64. The van der Waals surface area contributed by atoms with Gasteiger partial charge in [-0.1, -0.05) is 68.0 Å². The number of nitrogens with two attached hydrogens (primary N) is 1. The zero-order valence-electron chi connectivity index (χ0n) is 15.0.